The van der Waals surface area contributed by atoms with Crippen LogP contribution in [0, 0.1) is 10.1 Å². The topological polar surface area (TPSA) is 104 Å². The first-order chi connectivity index (χ1) is 14.5. The SMILES string of the molecule is O=[N+]([O-])c1ccc(N2CCC(O)CC2)nc1Nc1ccc(N2CCOCC2F)cc1. The summed E-state index contributed by atoms with van der Waals surface area (Å²) in [4.78, 5) is 19.1. The van der Waals surface area contributed by atoms with E-state index in [-0.39, 0.29) is 24.2 Å². The summed E-state index contributed by atoms with van der Waals surface area (Å²) in [5.41, 5.74) is 1.21. The van der Waals surface area contributed by atoms with Crippen molar-refractivity contribution in [3.05, 3.63) is 46.5 Å². The van der Waals surface area contributed by atoms with E-state index in [1.807, 2.05) is 4.90 Å². The molecular weight excluding hydrogens is 393 g/mol. The predicted octanol–water partition coefficient (Wildman–Crippen LogP) is 2.83. The Balaban J connectivity index is 1.53. The second-order valence-electron chi connectivity index (χ2n) is 7.39. The third-order valence-electron chi connectivity index (χ3n) is 5.38. The third kappa shape index (κ3) is 4.44. The summed E-state index contributed by atoms with van der Waals surface area (Å²) in [5, 5.41) is 24.2. The summed E-state index contributed by atoms with van der Waals surface area (Å²) in [7, 11) is 0. The minimum absolute atomic E-state index is 0.0381. The average Bonchev–Trinajstić information content (AvgIpc) is 2.75. The van der Waals surface area contributed by atoms with Crippen LogP contribution in [0.15, 0.2) is 36.4 Å². The van der Waals surface area contributed by atoms with Gasteiger partial charge in [0.2, 0.25) is 5.82 Å². The Morgan fingerprint density at radius 2 is 1.90 bits per heavy atom. The molecule has 2 N–H and O–H groups in total. The van der Waals surface area contributed by atoms with Crippen molar-refractivity contribution in [1.29, 1.82) is 0 Å². The molecule has 0 bridgehead atoms. The molecule has 0 aliphatic carbocycles. The summed E-state index contributed by atoms with van der Waals surface area (Å²) < 4.78 is 19.2. The summed E-state index contributed by atoms with van der Waals surface area (Å²) in [6.07, 6.45) is -0.231. The molecule has 1 aromatic carbocycles. The molecule has 2 saturated heterocycles. The lowest BCUT2D eigenvalue weighted by molar-refractivity contribution is -0.384. The molecule has 160 valence electrons. The van der Waals surface area contributed by atoms with Crippen LogP contribution in [0.2, 0.25) is 0 Å². The smallest absolute Gasteiger partial charge is 0.311 e. The largest absolute Gasteiger partial charge is 0.393 e. The average molecular weight is 417 g/mol. The molecule has 1 unspecified atom stereocenters. The molecule has 0 radical (unpaired) electrons. The number of nitro groups is 1. The molecule has 0 saturated carbocycles. The second kappa shape index (κ2) is 8.80. The molecule has 1 atom stereocenters. The number of ether oxygens (including phenoxy) is 1. The highest BCUT2D eigenvalue weighted by atomic mass is 19.1. The van der Waals surface area contributed by atoms with Gasteiger partial charge in [-0.2, -0.15) is 0 Å². The Morgan fingerprint density at radius 3 is 2.57 bits per heavy atom. The first kappa shape index (κ1) is 20.3. The highest BCUT2D eigenvalue weighted by Gasteiger charge is 2.24. The molecule has 2 aliphatic heterocycles. The number of nitrogens with one attached hydrogen (secondary N) is 1. The third-order valence-corrected chi connectivity index (χ3v) is 5.38. The number of hydrogen-bond donors (Lipinski definition) is 2. The second-order valence-corrected chi connectivity index (χ2v) is 7.39. The van der Waals surface area contributed by atoms with Crippen molar-refractivity contribution in [1.82, 2.24) is 4.98 Å². The van der Waals surface area contributed by atoms with Crippen LogP contribution in [0.3, 0.4) is 0 Å². The highest BCUT2D eigenvalue weighted by Crippen LogP contribution is 2.31. The summed E-state index contributed by atoms with van der Waals surface area (Å²) >= 11 is 0. The summed E-state index contributed by atoms with van der Waals surface area (Å²) in [6, 6.07) is 10.1. The number of alkyl halides is 1. The molecule has 9 nitrogen and oxygen atoms in total. The fourth-order valence-corrected chi connectivity index (χ4v) is 3.69. The van der Waals surface area contributed by atoms with E-state index in [1.54, 1.807) is 35.2 Å². The zero-order valence-electron chi connectivity index (χ0n) is 16.4. The van der Waals surface area contributed by atoms with Gasteiger partial charge in [-0.25, -0.2) is 9.37 Å². The Bertz CT molecular complexity index is 889. The first-order valence-corrected chi connectivity index (χ1v) is 9.95. The van der Waals surface area contributed by atoms with Crippen LogP contribution in [-0.2, 0) is 4.74 Å². The van der Waals surface area contributed by atoms with Gasteiger partial charge in [0, 0.05) is 37.1 Å². The summed E-state index contributed by atoms with van der Waals surface area (Å²) in [6.45, 7) is 2.26. The number of piperidine rings is 1. The van der Waals surface area contributed by atoms with Crippen molar-refractivity contribution in [3.8, 4) is 0 Å². The molecule has 30 heavy (non-hydrogen) atoms. The number of benzene rings is 1. The molecule has 10 heteroatoms. The Labute approximate surface area is 173 Å². The van der Waals surface area contributed by atoms with E-state index in [2.05, 4.69) is 10.3 Å². The van der Waals surface area contributed by atoms with Crippen LogP contribution in [-0.4, -0.2) is 60.3 Å². The van der Waals surface area contributed by atoms with Crippen LogP contribution in [0.25, 0.3) is 0 Å². The van der Waals surface area contributed by atoms with Gasteiger partial charge >= 0.3 is 5.69 Å². The first-order valence-electron chi connectivity index (χ1n) is 9.95. The molecule has 0 spiro atoms. The number of aliphatic hydroxyl groups excluding tert-OH is 1. The maximum atomic E-state index is 14.0. The molecule has 3 heterocycles. The molecule has 2 fully saturated rings. The lowest BCUT2D eigenvalue weighted by atomic mass is 10.1. The Hall–Kier alpha value is -2.98. The molecular formula is C20H24FN5O4. The summed E-state index contributed by atoms with van der Waals surface area (Å²) in [5.74, 6) is 0.770. The number of rotatable bonds is 5. The number of nitrogens with zero attached hydrogens (tertiary/aromatic N) is 4. The highest BCUT2D eigenvalue weighted by molar-refractivity contribution is 5.69. The van der Waals surface area contributed by atoms with Crippen LogP contribution in [0.5, 0.6) is 0 Å². The zero-order valence-corrected chi connectivity index (χ0v) is 16.4. The molecule has 0 amide bonds. The minimum atomic E-state index is -1.19. The fourth-order valence-electron chi connectivity index (χ4n) is 3.69. The number of pyridine rings is 1. The molecule has 4 rings (SSSR count). The number of hydrogen-bond acceptors (Lipinski definition) is 8. The lowest BCUT2D eigenvalue weighted by Gasteiger charge is -2.32. The van der Waals surface area contributed by atoms with Crippen LogP contribution < -0.4 is 15.1 Å². The minimum Gasteiger partial charge on any atom is -0.393 e. The van der Waals surface area contributed by atoms with Crippen LogP contribution in [0.4, 0.5) is 33.1 Å². The Morgan fingerprint density at radius 1 is 1.17 bits per heavy atom. The maximum absolute atomic E-state index is 14.0. The van der Waals surface area contributed by atoms with Crippen molar-refractivity contribution in [2.24, 2.45) is 0 Å². The van der Waals surface area contributed by atoms with Crippen molar-refractivity contribution < 1.29 is 19.2 Å². The normalized spacial score (nSPS) is 20.3. The van der Waals surface area contributed by atoms with E-state index < -0.39 is 11.2 Å². The quantitative estimate of drug-likeness (QED) is 0.435. The zero-order chi connectivity index (χ0) is 21.1. The van der Waals surface area contributed by atoms with Crippen LogP contribution in [0.1, 0.15) is 12.8 Å². The van der Waals surface area contributed by atoms with E-state index in [0.29, 0.717) is 50.6 Å². The van der Waals surface area contributed by atoms with Crippen molar-refractivity contribution in [3.63, 3.8) is 0 Å². The number of morpholine rings is 1. The van der Waals surface area contributed by atoms with Gasteiger partial charge < -0.3 is 25.0 Å². The van der Waals surface area contributed by atoms with E-state index in [1.165, 1.54) is 6.07 Å². The van der Waals surface area contributed by atoms with E-state index >= 15 is 0 Å². The fraction of sp³-hybridized carbons (Fsp3) is 0.450. The van der Waals surface area contributed by atoms with Gasteiger partial charge in [-0.3, -0.25) is 10.1 Å². The number of aromatic nitrogens is 1. The van der Waals surface area contributed by atoms with Gasteiger partial charge in [-0.05, 0) is 43.2 Å². The van der Waals surface area contributed by atoms with Gasteiger partial charge in [0.25, 0.3) is 0 Å². The number of halogens is 1. The van der Waals surface area contributed by atoms with E-state index in [0.717, 1.165) is 5.69 Å². The maximum Gasteiger partial charge on any atom is 0.311 e. The monoisotopic (exact) mass is 417 g/mol. The van der Waals surface area contributed by atoms with Crippen molar-refractivity contribution >= 4 is 28.7 Å². The van der Waals surface area contributed by atoms with E-state index in [9.17, 15) is 19.6 Å². The van der Waals surface area contributed by atoms with Gasteiger partial charge in [0.05, 0.1) is 24.2 Å². The van der Waals surface area contributed by atoms with Crippen molar-refractivity contribution in [2.45, 2.75) is 25.2 Å². The van der Waals surface area contributed by atoms with Gasteiger partial charge in [-0.15, -0.1) is 0 Å². The van der Waals surface area contributed by atoms with Gasteiger partial charge in [-0.1, -0.05) is 0 Å². The van der Waals surface area contributed by atoms with E-state index in [4.69, 9.17) is 4.74 Å². The molecule has 2 aliphatic rings. The number of anilines is 4. The van der Waals surface area contributed by atoms with Crippen molar-refractivity contribution in [2.75, 3.05) is 48.0 Å². The van der Waals surface area contributed by atoms with Gasteiger partial charge in [0.15, 0.2) is 6.30 Å². The molecule has 1 aromatic heterocycles. The van der Waals surface area contributed by atoms with Crippen LogP contribution >= 0.6 is 0 Å². The standard InChI is InChI=1S/C20H24FN5O4/c21-18-13-30-12-11-25(18)15-3-1-14(2-4-15)22-20-17(26(28)29)5-6-19(23-20)24-9-7-16(27)8-10-24/h1-6,16,18,27H,7-13H2,(H,22,23). The van der Waals surface area contributed by atoms with Gasteiger partial charge in [0.1, 0.15) is 5.82 Å². The molecule has 2 aromatic rings. The Kier molecular flexibility index (Phi) is 5.96. The predicted molar refractivity (Wildman–Crippen MR) is 111 cm³/mol. The number of aliphatic hydroxyl groups is 1. The lowest BCUT2D eigenvalue weighted by Crippen LogP contribution is -2.42.